The summed E-state index contributed by atoms with van der Waals surface area (Å²) in [6.07, 6.45) is 29.8. The zero-order valence-corrected chi connectivity index (χ0v) is 33.4. The molecule has 0 amide bonds. The predicted octanol–water partition coefficient (Wildman–Crippen LogP) is 14.0. The molecular weight excluding hydrogens is 685 g/mol. The van der Waals surface area contributed by atoms with Crippen molar-refractivity contribution < 1.29 is 17.0 Å². The minimum atomic E-state index is -0.556. The first-order valence-electron chi connectivity index (χ1n) is 19.1. The van der Waals surface area contributed by atoms with Crippen molar-refractivity contribution in [2.75, 3.05) is 0 Å². The Balaban J connectivity index is 0.000000152. The van der Waals surface area contributed by atoms with Crippen LogP contribution in [0.1, 0.15) is 128 Å². The molecule has 254 valence electrons. The second-order valence-electron chi connectivity index (χ2n) is 14.7. The fraction of sp³-hybridized carbons (Fsp3) is 0.571. The summed E-state index contributed by atoms with van der Waals surface area (Å²) in [6.45, 7) is 0. The van der Waals surface area contributed by atoms with Crippen molar-refractivity contribution in [3.8, 4) is 0 Å². The van der Waals surface area contributed by atoms with Gasteiger partial charge in [0.2, 0.25) is 0 Å². The van der Waals surface area contributed by atoms with E-state index in [1.165, 1.54) is 150 Å². The Morgan fingerprint density at radius 1 is 0.447 bits per heavy atom. The maximum atomic E-state index is 4.89. The van der Waals surface area contributed by atoms with Crippen LogP contribution in [-0.2, 0) is 17.0 Å². The molecule has 4 aliphatic rings. The molecule has 0 atom stereocenters. The molecule has 5 heteroatoms. The van der Waals surface area contributed by atoms with Crippen LogP contribution in [0.15, 0.2) is 72.8 Å². The summed E-state index contributed by atoms with van der Waals surface area (Å²) in [5.74, 6) is 0. The van der Waals surface area contributed by atoms with Crippen LogP contribution in [0.3, 0.4) is 0 Å². The molecule has 0 aliphatic heterocycles. The van der Waals surface area contributed by atoms with Crippen molar-refractivity contribution in [2.45, 2.75) is 151 Å². The van der Waals surface area contributed by atoms with Crippen molar-refractivity contribution in [3.63, 3.8) is 0 Å². The van der Waals surface area contributed by atoms with Crippen LogP contribution in [0.25, 0.3) is 21.5 Å². The van der Waals surface area contributed by atoms with E-state index >= 15 is 0 Å². The van der Waals surface area contributed by atoms with Gasteiger partial charge in [0.25, 0.3) is 0 Å². The molecule has 8 rings (SSSR count). The molecule has 4 saturated carbocycles. The molecule has 4 fully saturated rings. The van der Waals surface area contributed by atoms with Crippen LogP contribution in [0.4, 0.5) is 0 Å². The fourth-order valence-corrected chi connectivity index (χ4v) is 17.2. The number of fused-ring (bicyclic) bond motifs is 2. The van der Waals surface area contributed by atoms with Gasteiger partial charge in [-0.15, -0.1) is 80.7 Å². The maximum Gasteiger partial charge on any atom is -0.0181 e. The molecule has 0 saturated heterocycles. The summed E-state index contributed by atoms with van der Waals surface area (Å²) in [6, 6.07) is 28.1. The van der Waals surface area contributed by atoms with E-state index < -0.39 is 17.0 Å². The van der Waals surface area contributed by atoms with Gasteiger partial charge in [-0.25, -0.2) is 0 Å². The Morgan fingerprint density at radius 2 is 0.723 bits per heavy atom. The van der Waals surface area contributed by atoms with Gasteiger partial charge in [-0.05, 0) is 74.0 Å². The van der Waals surface area contributed by atoms with Crippen molar-refractivity contribution in [1.29, 1.82) is 0 Å². The Morgan fingerprint density at radius 3 is 1.00 bits per heavy atom. The molecule has 47 heavy (non-hydrogen) atoms. The van der Waals surface area contributed by atoms with Crippen molar-refractivity contribution in [2.24, 2.45) is 0 Å². The van der Waals surface area contributed by atoms with Crippen molar-refractivity contribution in [1.82, 2.24) is 0 Å². The molecule has 0 nitrogen and oxygen atoms in total. The third-order valence-electron chi connectivity index (χ3n) is 11.7. The van der Waals surface area contributed by atoms with E-state index in [4.69, 9.17) is 18.6 Å². The largest absolute Gasteiger partial charge is 0.161 e. The van der Waals surface area contributed by atoms with Crippen LogP contribution >= 0.6 is 34.5 Å². The minimum absolute atomic E-state index is 0.0611. The average Bonchev–Trinajstić information content (AvgIpc) is 3.75. The summed E-state index contributed by atoms with van der Waals surface area (Å²) < 4.78 is 0. The average molecular weight is 742 g/mol. The van der Waals surface area contributed by atoms with Gasteiger partial charge in [-0.2, -0.15) is 12.1 Å². The zero-order valence-electron chi connectivity index (χ0n) is 28.5. The number of rotatable bonds is 6. The number of benzene rings is 2. The Labute approximate surface area is 305 Å². The molecule has 4 aromatic carbocycles. The first kappa shape index (κ1) is 36.6. The van der Waals surface area contributed by atoms with E-state index in [0.29, 0.717) is 0 Å². The quantitative estimate of drug-likeness (QED) is 0.105. The van der Waals surface area contributed by atoms with Gasteiger partial charge in [0, 0.05) is 0 Å². The monoisotopic (exact) mass is 740 g/mol. The van der Waals surface area contributed by atoms with Gasteiger partial charge in [-0.1, -0.05) is 105 Å². The topological polar surface area (TPSA) is 0 Å². The molecule has 0 bridgehead atoms. The molecule has 0 spiro atoms. The van der Waals surface area contributed by atoms with Crippen molar-refractivity contribution in [3.05, 3.63) is 72.8 Å². The smallest absolute Gasteiger partial charge is 0.0181 e. The van der Waals surface area contributed by atoms with Crippen LogP contribution in [0, 0.1) is 0 Å². The Bertz CT molecular complexity index is 1240. The van der Waals surface area contributed by atoms with E-state index in [-0.39, 0.29) is 15.8 Å². The molecule has 0 heterocycles. The molecule has 0 N–H and O–H groups in total. The van der Waals surface area contributed by atoms with Gasteiger partial charge < -0.3 is 0 Å². The summed E-state index contributed by atoms with van der Waals surface area (Å²) in [5, 5.41) is 9.34. The number of hydrogen-bond donors (Lipinski definition) is 0. The van der Waals surface area contributed by atoms with Crippen molar-refractivity contribution >= 4 is 66.6 Å². The molecule has 0 unspecified atom stereocenters. The summed E-state index contributed by atoms with van der Waals surface area (Å²) in [7, 11) is 9.90. The van der Waals surface area contributed by atoms with E-state index in [2.05, 4.69) is 72.8 Å². The Kier molecular flexibility index (Phi) is 15.1. The van der Waals surface area contributed by atoms with Gasteiger partial charge in [-0.3, -0.25) is 0 Å². The normalized spacial score (nSPS) is 20.6. The van der Waals surface area contributed by atoms with Crippen LogP contribution < -0.4 is 10.6 Å². The van der Waals surface area contributed by atoms with Gasteiger partial charge in [0.05, 0.1) is 0 Å². The molecule has 4 aromatic rings. The second kappa shape index (κ2) is 19.4. The number of hydrogen-bond acceptors (Lipinski definition) is 0. The first-order valence-corrected chi connectivity index (χ1v) is 26.3. The molecule has 4 aliphatic carbocycles. The van der Waals surface area contributed by atoms with E-state index in [1.54, 1.807) is 10.6 Å². The Hall–Kier alpha value is -0.186. The fourth-order valence-electron chi connectivity index (χ4n) is 9.44. The summed E-state index contributed by atoms with van der Waals surface area (Å²) in [4.78, 5) is 0. The van der Waals surface area contributed by atoms with E-state index in [0.717, 1.165) is 22.6 Å². The molecular formula is C42H56Cl2P2Ti-2. The van der Waals surface area contributed by atoms with E-state index in [1.807, 2.05) is 0 Å². The first-order chi connectivity index (χ1) is 23.2. The van der Waals surface area contributed by atoms with Gasteiger partial charge >= 0.3 is 35.6 Å². The zero-order chi connectivity index (χ0) is 32.3. The third kappa shape index (κ3) is 9.99. The molecule has 0 radical (unpaired) electrons. The summed E-state index contributed by atoms with van der Waals surface area (Å²) >= 11 is -0.556. The molecule has 0 aromatic heterocycles. The SMILES string of the molecule is [Cl][Ti][Cl].c1ccc2[cH-]c(P(C3CCCCC3)C3CCCCC3)cc2c1.c1ccc2[cH-]c(P(C3CCCCC3)C3CCCCC3)cc2c1. The third-order valence-corrected chi connectivity index (χ3v) is 18.6. The number of halogens is 2. The summed E-state index contributed by atoms with van der Waals surface area (Å²) in [5.41, 5.74) is 4.07. The van der Waals surface area contributed by atoms with Crippen LogP contribution in [-0.4, -0.2) is 22.6 Å². The minimum Gasteiger partial charge on any atom is -0.161 e. The standard InChI is InChI=1S/2C21H28P.2ClH.Ti/c2*1-3-11-19(12-4-1)22(20-13-5-2-6-14-20)21-15-17-9-7-8-10-18(17)16-21;;;/h2*7-10,15-16,19-20H,1-6,11-14H2;2*1H;/q2*-1;;;+2/p-2. The second-order valence-corrected chi connectivity index (χ2v) is 22.9. The van der Waals surface area contributed by atoms with Crippen LogP contribution in [0.5, 0.6) is 0 Å². The van der Waals surface area contributed by atoms with Gasteiger partial charge in [0.1, 0.15) is 0 Å². The predicted molar refractivity (Wildman–Crippen MR) is 211 cm³/mol. The van der Waals surface area contributed by atoms with Gasteiger partial charge in [0.15, 0.2) is 0 Å². The van der Waals surface area contributed by atoms with Crippen LogP contribution in [0.2, 0.25) is 0 Å². The maximum absolute atomic E-state index is 4.89. The van der Waals surface area contributed by atoms with E-state index in [9.17, 15) is 0 Å².